The molecule has 17 heteroatoms. The molecule has 12 nitrogen and oxygen atoms in total. The highest BCUT2D eigenvalue weighted by Crippen LogP contribution is 2.48. The number of methoxy groups -OCH3 is 1. The van der Waals surface area contributed by atoms with E-state index in [0.717, 1.165) is 77.4 Å². The highest BCUT2D eigenvalue weighted by atomic mass is 32.1. The fourth-order valence-electron chi connectivity index (χ4n) is 8.00. The summed E-state index contributed by atoms with van der Waals surface area (Å²) < 4.78 is 10.6. The van der Waals surface area contributed by atoms with Gasteiger partial charge in [-0.1, -0.05) is 58.6 Å². The number of carbonyl (C=O) groups excluding carboxylic acids is 3. The number of carbonyl (C=O) groups is 3. The zero-order chi connectivity index (χ0) is 38.1. The number of likely N-dealkylation sites (tertiary alicyclic amines) is 2. The van der Waals surface area contributed by atoms with Crippen LogP contribution in [0.2, 0.25) is 0 Å². The minimum absolute atomic E-state index is 0. The van der Waals surface area contributed by atoms with E-state index in [1.807, 2.05) is 73.0 Å². The summed E-state index contributed by atoms with van der Waals surface area (Å²) in [5.41, 5.74) is 5.30. The normalized spacial score (nSPS) is 20.3. The van der Waals surface area contributed by atoms with Crippen molar-refractivity contribution in [3.05, 3.63) is 71.4 Å². The van der Waals surface area contributed by atoms with Crippen molar-refractivity contribution >= 4 is 96.4 Å². The lowest BCUT2D eigenvalue weighted by Crippen LogP contribution is -2.51. The van der Waals surface area contributed by atoms with Crippen LogP contribution in [-0.4, -0.2) is 87.1 Å². The van der Waals surface area contributed by atoms with Crippen molar-refractivity contribution in [3.8, 4) is 23.1 Å². The molecule has 0 saturated carbocycles. The maximum atomic E-state index is 13.7. The van der Waals surface area contributed by atoms with E-state index in [9.17, 15) is 14.4 Å². The molecule has 2 aromatic heterocycles. The van der Waals surface area contributed by atoms with E-state index < -0.39 is 12.1 Å². The van der Waals surface area contributed by atoms with Gasteiger partial charge in [0.1, 0.15) is 17.7 Å². The van der Waals surface area contributed by atoms with Gasteiger partial charge < -0.3 is 34.6 Å². The molecule has 324 valence electrons. The topological polar surface area (TPSA) is 146 Å². The molecular weight excluding hydrogens is 843 g/mol. The number of nitrogens with zero attached hydrogens (tertiary/aromatic N) is 4. The van der Waals surface area contributed by atoms with Crippen LogP contribution in [0.15, 0.2) is 48.7 Å². The van der Waals surface area contributed by atoms with Crippen molar-refractivity contribution in [1.29, 1.82) is 0 Å². The summed E-state index contributed by atoms with van der Waals surface area (Å²) in [7, 11) is 1.29. The highest BCUT2D eigenvalue weighted by molar-refractivity contribution is 7.60. The first-order chi connectivity index (χ1) is 25.9. The van der Waals surface area contributed by atoms with Crippen molar-refractivity contribution < 1.29 is 23.9 Å². The molecule has 4 aromatic rings. The number of hydrogen-bond acceptors (Lipinski definition) is 7. The molecule has 59 heavy (non-hydrogen) atoms. The maximum Gasteiger partial charge on any atom is 0.407 e. The van der Waals surface area contributed by atoms with Crippen LogP contribution in [-0.2, 0) is 19.1 Å². The molecule has 0 unspecified atom stereocenters. The Morgan fingerprint density at radius 1 is 0.881 bits per heavy atom. The number of alkyl carbamates (subject to hydrolysis) is 1. The molecule has 2 aromatic carbocycles. The molecule has 3 amide bonds. The Hall–Kier alpha value is -3.40. The number of nitrogens with one attached hydrogen (secondary N) is 3. The first kappa shape index (κ1) is 51.7. The van der Waals surface area contributed by atoms with Gasteiger partial charge in [-0.15, -0.1) is 0 Å². The van der Waals surface area contributed by atoms with Gasteiger partial charge in [0.15, 0.2) is 0 Å². The minimum Gasteiger partial charge on any atom is -0.453 e. The van der Waals surface area contributed by atoms with Gasteiger partial charge in [0, 0.05) is 42.2 Å². The van der Waals surface area contributed by atoms with Gasteiger partial charge in [-0.25, -0.2) is 14.8 Å². The number of H-pyrrole nitrogens is 2. The SMILES string of the molecule is COC(=O)N[C@H](C(=O)N1CCC[C@H]1c1ncc(-c2ccc(C#Cc3ccc4nc([C@@H]5C[C@]6(CCOC6)CN5C(=O)[C@@H](C)C(C)C)[nH]c4c3)cc2)[nH]1)C(C)C.S.S.S.S.S. The number of aromatic nitrogens is 4. The number of imidazole rings is 2. The molecule has 3 aliphatic rings. The van der Waals surface area contributed by atoms with Gasteiger partial charge in [-0.2, -0.15) is 67.5 Å². The standard InChI is InChI=1S/C42H51N7O5.5H2S/c1-25(2)27(5)39(50)49-23-42(17-19-54-24-42)21-35(49)38-44-31-16-13-29(20-32(31)45-38)10-9-28-11-14-30(15-12-28)33-22-43-37(46-33)34-8-7-18-48(34)40(51)36(26(3)4)47-41(52)53-6;;;;;/h11-16,20,22,25-27,34-36H,7-8,17-19,21,23-24H2,1-6H3,(H,43,46)(H,44,45)(H,47,52);5*1H2/t27-,34-,35-,36-,42+;;;;;/m0...../s1. The third-order valence-corrected chi connectivity index (χ3v) is 11.6. The van der Waals surface area contributed by atoms with Crippen LogP contribution < -0.4 is 5.32 Å². The lowest BCUT2D eigenvalue weighted by Gasteiger charge is -2.30. The number of ether oxygens (including phenoxy) is 2. The predicted octanol–water partition coefficient (Wildman–Crippen LogP) is 6.93. The molecule has 7 rings (SSSR count). The van der Waals surface area contributed by atoms with E-state index in [0.29, 0.717) is 19.7 Å². The number of fused-ring (bicyclic) bond motifs is 1. The summed E-state index contributed by atoms with van der Waals surface area (Å²) >= 11 is 0. The van der Waals surface area contributed by atoms with Gasteiger partial charge in [0.25, 0.3) is 0 Å². The molecule has 5 atom stereocenters. The third kappa shape index (κ3) is 11.1. The first-order valence-corrected chi connectivity index (χ1v) is 19.2. The van der Waals surface area contributed by atoms with Crippen molar-refractivity contribution in [2.75, 3.05) is 33.4 Å². The number of aromatic amines is 2. The fraction of sp³-hybridized carbons (Fsp3) is 0.500. The Morgan fingerprint density at radius 2 is 1.58 bits per heavy atom. The van der Waals surface area contributed by atoms with Crippen LogP contribution in [0.5, 0.6) is 0 Å². The van der Waals surface area contributed by atoms with E-state index in [4.69, 9.17) is 14.5 Å². The van der Waals surface area contributed by atoms with Crippen LogP contribution in [0.1, 0.15) is 95.2 Å². The number of hydrogen-bond donors (Lipinski definition) is 3. The van der Waals surface area contributed by atoms with Gasteiger partial charge in [0.2, 0.25) is 11.8 Å². The summed E-state index contributed by atoms with van der Waals surface area (Å²) in [6, 6.07) is 13.0. The lowest BCUT2D eigenvalue weighted by molar-refractivity contribution is -0.138. The molecule has 0 radical (unpaired) electrons. The first-order valence-electron chi connectivity index (χ1n) is 19.2. The molecule has 3 aliphatic heterocycles. The van der Waals surface area contributed by atoms with Gasteiger partial charge in [-0.3, -0.25) is 9.59 Å². The molecule has 3 fully saturated rings. The van der Waals surface area contributed by atoms with Crippen LogP contribution in [0.4, 0.5) is 4.79 Å². The predicted molar refractivity (Wildman–Crippen MR) is 257 cm³/mol. The Labute approximate surface area is 382 Å². The molecule has 0 aliphatic carbocycles. The number of rotatable bonds is 8. The highest BCUT2D eigenvalue weighted by Gasteiger charge is 2.50. The van der Waals surface area contributed by atoms with Crippen molar-refractivity contribution in [2.45, 2.75) is 78.4 Å². The van der Waals surface area contributed by atoms with Crippen LogP contribution in [0.25, 0.3) is 22.3 Å². The molecule has 3 saturated heterocycles. The van der Waals surface area contributed by atoms with E-state index in [1.54, 1.807) is 6.20 Å². The smallest absolute Gasteiger partial charge is 0.407 e. The molecule has 5 heterocycles. The summed E-state index contributed by atoms with van der Waals surface area (Å²) in [6.45, 7) is 12.8. The lowest BCUT2D eigenvalue weighted by atomic mass is 9.85. The second kappa shape index (κ2) is 21.9. The largest absolute Gasteiger partial charge is 0.453 e. The third-order valence-electron chi connectivity index (χ3n) is 11.6. The van der Waals surface area contributed by atoms with Crippen molar-refractivity contribution in [3.63, 3.8) is 0 Å². The second-order valence-electron chi connectivity index (χ2n) is 15.9. The Morgan fingerprint density at radius 3 is 2.22 bits per heavy atom. The van der Waals surface area contributed by atoms with Crippen LogP contribution >= 0.6 is 67.5 Å². The number of amides is 3. The molecule has 0 bridgehead atoms. The van der Waals surface area contributed by atoms with Crippen LogP contribution in [0.3, 0.4) is 0 Å². The summed E-state index contributed by atoms with van der Waals surface area (Å²) in [5, 5.41) is 2.70. The van der Waals surface area contributed by atoms with Gasteiger partial charge in [0.05, 0.1) is 48.7 Å². The molecule has 3 N–H and O–H groups in total. The minimum atomic E-state index is -0.682. The Bertz CT molecular complexity index is 2090. The monoisotopic (exact) mass is 903 g/mol. The maximum absolute atomic E-state index is 13.7. The van der Waals surface area contributed by atoms with Crippen LogP contribution in [0, 0.1) is 35.0 Å². The van der Waals surface area contributed by atoms with E-state index in [2.05, 4.69) is 46.0 Å². The quantitative estimate of drug-likeness (QED) is 0.163. The average Bonchev–Trinajstić information content (AvgIpc) is 4.02. The summed E-state index contributed by atoms with van der Waals surface area (Å²) in [6.07, 6.45) is 4.63. The van der Waals surface area contributed by atoms with Gasteiger partial charge in [-0.05, 0) is 73.4 Å². The average molecular weight is 904 g/mol. The summed E-state index contributed by atoms with van der Waals surface area (Å²) in [4.78, 5) is 59.6. The fourth-order valence-corrected chi connectivity index (χ4v) is 8.00. The van der Waals surface area contributed by atoms with E-state index in [-0.39, 0.29) is 115 Å². The van der Waals surface area contributed by atoms with Crippen molar-refractivity contribution in [2.24, 2.45) is 23.2 Å². The zero-order valence-electron chi connectivity index (χ0n) is 34.6. The van der Waals surface area contributed by atoms with E-state index in [1.165, 1.54) is 7.11 Å². The summed E-state index contributed by atoms with van der Waals surface area (Å²) in [5.74, 6) is 8.28. The zero-order valence-corrected chi connectivity index (χ0v) is 39.6. The Balaban J connectivity index is 0.00000240. The van der Waals surface area contributed by atoms with E-state index >= 15 is 0 Å². The van der Waals surface area contributed by atoms with Gasteiger partial charge >= 0.3 is 6.09 Å². The van der Waals surface area contributed by atoms with Crippen molar-refractivity contribution in [1.82, 2.24) is 35.1 Å². The molecule has 1 spiro atoms. The molecular formula is C42H61N7O5S5. The number of benzene rings is 2. The Kier molecular flexibility index (Phi) is 19.2. The second-order valence-corrected chi connectivity index (χ2v) is 15.9.